The molecule has 4 heteroatoms. The summed E-state index contributed by atoms with van der Waals surface area (Å²) in [7, 11) is 0. The number of aryl methyl sites for hydroxylation is 2. The van der Waals surface area contributed by atoms with Crippen LogP contribution < -0.4 is 0 Å². The van der Waals surface area contributed by atoms with Crippen molar-refractivity contribution in [2.75, 3.05) is 6.61 Å². The number of benzene rings is 2. The Hall–Kier alpha value is -3.14. The maximum absolute atomic E-state index is 11.1. The highest BCUT2D eigenvalue weighted by molar-refractivity contribution is 5.87. The number of hydrogen-bond acceptors (Lipinski definition) is 3. The minimum atomic E-state index is -0.811. The van der Waals surface area contributed by atoms with Crippen LogP contribution in [0.15, 0.2) is 84.5 Å². The van der Waals surface area contributed by atoms with Crippen LogP contribution in [0.5, 0.6) is 0 Å². The number of aliphatic carboxylic acids is 1. The van der Waals surface area contributed by atoms with Crippen LogP contribution in [0, 0.1) is 0 Å². The fourth-order valence-electron chi connectivity index (χ4n) is 3.24. The summed E-state index contributed by atoms with van der Waals surface area (Å²) in [6.07, 6.45) is 11.4. The normalized spacial score (nSPS) is 10.7. The van der Waals surface area contributed by atoms with Crippen LogP contribution >= 0.6 is 0 Å². The quantitative estimate of drug-likeness (QED) is 0.180. The molecule has 0 bridgehead atoms. The van der Waals surface area contributed by atoms with Crippen LogP contribution in [0.4, 0.5) is 0 Å². The van der Waals surface area contributed by atoms with Gasteiger partial charge in [-0.25, -0.2) is 9.59 Å². The first-order chi connectivity index (χ1) is 16.4. The van der Waals surface area contributed by atoms with E-state index >= 15 is 0 Å². The van der Waals surface area contributed by atoms with E-state index in [4.69, 9.17) is 9.84 Å². The summed E-state index contributed by atoms with van der Waals surface area (Å²) in [5.41, 5.74) is 3.67. The second-order valence-electron chi connectivity index (χ2n) is 8.49. The summed E-state index contributed by atoms with van der Waals surface area (Å²) in [5.74, 6) is -1.10. The predicted octanol–water partition coefficient (Wildman–Crippen LogP) is 7.34. The summed E-state index contributed by atoms with van der Waals surface area (Å²) in [6.45, 7) is 7.35. The molecule has 184 valence electrons. The van der Waals surface area contributed by atoms with Crippen molar-refractivity contribution in [3.05, 3.63) is 95.6 Å². The van der Waals surface area contributed by atoms with Crippen molar-refractivity contribution >= 4 is 11.9 Å². The molecule has 0 aromatic heterocycles. The maximum Gasteiger partial charge on any atom is 0.333 e. The fourth-order valence-corrected chi connectivity index (χ4v) is 3.24. The summed E-state index contributed by atoms with van der Waals surface area (Å²) in [6, 6.07) is 20.9. The Morgan fingerprint density at radius 2 is 1.29 bits per heavy atom. The molecule has 0 unspecified atom stereocenters. The van der Waals surface area contributed by atoms with Gasteiger partial charge >= 0.3 is 11.9 Å². The molecule has 0 heterocycles. The molecular formula is C30H40O4. The van der Waals surface area contributed by atoms with Gasteiger partial charge in [0, 0.05) is 11.1 Å². The molecule has 0 spiro atoms. The van der Waals surface area contributed by atoms with Gasteiger partial charge in [-0.3, -0.25) is 0 Å². The Balaban J connectivity index is 0.000000340. The molecule has 4 nitrogen and oxygen atoms in total. The molecule has 0 aliphatic heterocycles. The van der Waals surface area contributed by atoms with Gasteiger partial charge in [0.05, 0.1) is 6.61 Å². The van der Waals surface area contributed by atoms with Gasteiger partial charge in [-0.05, 0) is 76.3 Å². The zero-order valence-corrected chi connectivity index (χ0v) is 20.8. The number of hydrogen-bond donors (Lipinski definition) is 1. The Bertz CT molecular complexity index is 869. The molecule has 34 heavy (non-hydrogen) atoms. The average Bonchev–Trinajstić information content (AvgIpc) is 2.84. The van der Waals surface area contributed by atoms with E-state index in [2.05, 4.69) is 55.1 Å². The van der Waals surface area contributed by atoms with Crippen molar-refractivity contribution in [2.24, 2.45) is 0 Å². The lowest BCUT2D eigenvalue weighted by molar-refractivity contribution is -0.139. The summed E-state index contributed by atoms with van der Waals surface area (Å²) < 4.78 is 5.02. The van der Waals surface area contributed by atoms with Crippen LogP contribution in [0.25, 0.3) is 0 Å². The molecule has 0 saturated heterocycles. The minimum absolute atomic E-state index is 0.284. The van der Waals surface area contributed by atoms with Crippen molar-refractivity contribution in [1.82, 2.24) is 0 Å². The van der Waals surface area contributed by atoms with Gasteiger partial charge < -0.3 is 9.84 Å². The maximum atomic E-state index is 11.1. The molecule has 0 atom stereocenters. The van der Waals surface area contributed by atoms with E-state index in [9.17, 15) is 9.59 Å². The van der Waals surface area contributed by atoms with Crippen LogP contribution in [0.3, 0.4) is 0 Å². The summed E-state index contributed by atoms with van der Waals surface area (Å²) in [4.78, 5) is 21.6. The summed E-state index contributed by atoms with van der Waals surface area (Å²) in [5, 5.41) is 8.67. The topological polar surface area (TPSA) is 63.6 Å². The lowest BCUT2D eigenvalue weighted by atomic mass is 10.1. The number of rotatable bonds is 14. The van der Waals surface area contributed by atoms with Gasteiger partial charge in [0.25, 0.3) is 0 Å². The first-order valence-electron chi connectivity index (χ1n) is 12.2. The first-order valence-corrected chi connectivity index (χ1v) is 12.2. The third-order valence-corrected chi connectivity index (χ3v) is 5.33. The number of esters is 1. The monoisotopic (exact) mass is 464 g/mol. The largest absolute Gasteiger partial charge is 0.478 e. The highest BCUT2D eigenvalue weighted by atomic mass is 16.5. The Morgan fingerprint density at radius 3 is 1.76 bits per heavy atom. The lowest BCUT2D eigenvalue weighted by Gasteiger charge is -2.04. The van der Waals surface area contributed by atoms with Crippen molar-refractivity contribution in [3.8, 4) is 0 Å². The smallest absolute Gasteiger partial charge is 0.333 e. The van der Waals surface area contributed by atoms with E-state index in [0.717, 1.165) is 51.4 Å². The number of allylic oxidation sites excluding steroid dienone is 1. The van der Waals surface area contributed by atoms with Crippen LogP contribution in [0.2, 0.25) is 0 Å². The highest BCUT2D eigenvalue weighted by Gasteiger charge is 2.02. The molecule has 1 N–H and O–H groups in total. The second-order valence-corrected chi connectivity index (χ2v) is 8.49. The number of carbonyl (C=O) groups is 2. The van der Waals surface area contributed by atoms with Crippen molar-refractivity contribution in [1.29, 1.82) is 0 Å². The highest BCUT2D eigenvalue weighted by Crippen LogP contribution is 2.09. The molecule has 2 aromatic rings. The van der Waals surface area contributed by atoms with Crippen molar-refractivity contribution in [2.45, 2.75) is 71.6 Å². The van der Waals surface area contributed by atoms with Gasteiger partial charge in [0.1, 0.15) is 0 Å². The fraction of sp³-hybridized carbons (Fsp3) is 0.400. The van der Waals surface area contributed by atoms with E-state index in [1.165, 1.54) is 17.5 Å². The Labute approximate surface area is 205 Å². The zero-order chi connectivity index (χ0) is 25.0. The predicted molar refractivity (Wildman–Crippen MR) is 140 cm³/mol. The SMILES string of the molecule is C=C(C)C(=O)OCCCCCc1ccccc1.CC(=CCCCCCc1ccccc1)C(=O)O. The molecule has 0 aliphatic carbocycles. The number of carbonyl (C=O) groups excluding carboxylic acids is 1. The third kappa shape index (κ3) is 14.8. The van der Waals surface area contributed by atoms with E-state index < -0.39 is 5.97 Å². The second kappa shape index (κ2) is 18.3. The number of unbranched alkanes of at least 4 members (excludes halogenated alkanes) is 5. The molecule has 0 saturated carbocycles. The molecule has 0 aliphatic rings. The minimum Gasteiger partial charge on any atom is -0.478 e. The van der Waals surface area contributed by atoms with Gasteiger partial charge in [0.15, 0.2) is 0 Å². The third-order valence-electron chi connectivity index (χ3n) is 5.33. The molecule has 0 radical (unpaired) electrons. The number of ether oxygens (including phenoxy) is 1. The zero-order valence-electron chi connectivity index (χ0n) is 20.8. The van der Waals surface area contributed by atoms with Gasteiger partial charge in [-0.2, -0.15) is 0 Å². The van der Waals surface area contributed by atoms with E-state index in [1.54, 1.807) is 13.8 Å². The van der Waals surface area contributed by atoms with Crippen molar-refractivity contribution < 1.29 is 19.4 Å². The molecule has 0 amide bonds. The standard InChI is InChI=1S/2C15H20O2/c1-13(2)15(16)17-12-8-4-7-11-14-9-5-3-6-10-14;1-13(15(16)17)9-5-2-3-6-10-14-11-7-4-8-12-14/h3,5-6,9-10H,1,4,7-8,11-12H2,2H3;4,7-9,11-12H,2-3,5-6,10H2,1H3,(H,16,17). The Kier molecular flexibility index (Phi) is 15.6. The van der Waals surface area contributed by atoms with Crippen LogP contribution in [-0.2, 0) is 27.2 Å². The average molecular weight is 465 g/mol. The number of carboxylic acids is 1. The lowest BCUT2D eigenvalue weighted by Crippen LogP contribution is -2.06. The van der Waals surface area contributed by atoms with E-state index in [1.807, 2.05) is 18.2 Å². The molecular weight excluding hydrogens is 424 g/mol. The Morgan fingerprint density at radius 1 is 0.794 bits per heavy atom. The molecule has 0 fully saturated rings. The number of carboxylic acid groups (broad SMARTS) is 1. The van der Waals surface area contributed by atoms with Crippen LogP contribution in [-0.4, -0.2) is 23.7 Å². The molecule has 2 aromatic carbocycles. The van der Waals surface area contributed by atoms with Gasteiger partial charge in [0.2, 0.25) is 0 Å². The van der Waals surface area contributed by atoms with Crippen molar-refractivity contribution in [3.63, 3.8) is 0 Å². The van der Waals surface area contributed by atoms with Gasteiger partial charge in [-0.1, -0.05) is 79.7 Å². The molecule has 2 rings (SSSR count). The van der Waals surface area contributed by atoms with Crippen LogP contribution in [0.1, 0.15) is 69.9 Å². The van der Waals surface area contributed by atoms with Gasteiger partial charge in [-0.15, -0.1) is 0 Å². The first kappa shape index (κ1) is 28.9. The van der Waals surface area contributed by atoms with E-state index in [-0.39, 0.29) is 5.97 Å². The van der Waals surface area contributed by atoms with E-state index in [0.29, 0.717) is 17.8 Å². The summed E-state index contributed by atoms with van der Waals surface area (Å²) >= 11 is 0.